The summed E-state index contributed by atoms with van der Waals surface area (Å²) in [6.07, 6.45) is 2.40. The van der Waals surface area contributed by atoms with Crippen LogP contribution in [0.2, 0.25) is 5.02 Å². The van der Waals surface area contributed by atoms with E-state index in [-0.39, 0.29) is 4.90 Å². The van der Waals surface area contributed by atoms with Gasteiger partial charge in [0.15, 0.2) is 11.6 Å². The molecular weight excluding hydrogens is 386 g/mol. The van der Waals surface area contributed by atoms with Crippen molar-refractivity contribution in [1.82, 2.24) is 14.5 Å². The molecule has 4 rings (SSSR count). The molecule has 2 saturated heterocycles. The van der Waals surface area contributed by atoms with Gasteiger partial charge in [0, 0.05) is 44.3 Å². The number of hydrogen-bond donors (Lipinski definition) is 0. The van der Waals surface area contributed by atoms with Crippen molar-refractivity contribution in [2.45, 2.75) is 17.7 Å². The van der Waals surface area contributed by atoms with Gasteiger partial charge in [-0.3, -0.25) is 0 Å². The zero-order valence-electron chi connectivity index (χ0n) is 15.0. The van der Waals surface area contributed by atoms with Crippen LogP contribution in [0.25, 0.3) is 0 Å². The zero-order valence-corrected chi connectivity index (χ0v) is 16.5. The monoisotopic (exact) mass is 407 g/mol. The van der Waals surface area contributed by atoms with E-state index in [1.54, 1.807) is 18.2 Å². The average molecular weight is 408 g/mol. The smallest absolute Gasteiger partial charge is 0.243 e. The highest BCUT2D eigenvalue weighted by Gasteiger charge is 2.29. The Kier molecular flexibility index (Phi) is 5.21. The van der Waals surface area contributed by atoms with Crippen LogP contribution < -0.4 is 9.80 Å². The molecule has 0 atom stereocenters. The van der Waals surface area contributed by atoms with Gasteiger partial charge in [-0.05, 0) is 43.2 Å². The van der Waals surface area contributed by atoms with E-state index in [2.05, 4.69) is 20.0 Å². The molecule has 0 N–H and O–H groups in total. The number of rotatable bonds is 4. The summed E-state index contributed by atoms with van der Waals surface area (Å²) in [6.45, 7) is 4.05. The van der Waals surface area contributed by atoms with Crippen LogP contribution in [0.1, 0.15) is 12.8 Å². The Hall–Kier alpha value is -1.90. The molecule has 0 amide bonds. The minimum absolute atomic E-state index is 0.234. The molecule has 9 heteroatoms. The Morgan fingerprint density at radius 2 is 1.41 bits per heavy atom. The van der Waals surface area contributed by atoms with Crippen molar-refractivity contribution in [1.29, 1.82) is 0 Å². The molecule has 2 aliphatic rings. The number of aromatic nitrogens is 2. The standard InChI is InChI=1S/C18H22ClN5O2S/c19-15-4-3-5-16(14-15)27(25,26)24-12-10-23(11-13-24)18-7-6-17(20-21-18)22-8-1-2-9-22/h3-7,14H,1-2,8-13H2. The molecule has 0 bridgehead atoms. The number of halogens is 1. The van der Waals surface area contributed by atoms with Gasteiger partial charge in [0.1, 0.15) is 0 Å². The molecule has 2 aromatic rings. The second-order valence-electron chi connectivity index (χ2n) is 6.79. The fourth-order valence-corrected chi connectivity index (χ4v) is 5.26. The number of piperazine rings is 1. The Bertz CT molecular complexity index is 892. The van der Waals surface area contributed by atoms with Crippen LogP contribution in [0.4, 0.5) is 11.6 Å². The third-order valence-corrected chi connectivity index (χ3v) is 7.19. The zero-order chi connectivity index (χ0) is 18.9. The van der Waals surface area contributed by atoms with E-state index in [0.29, 0.717) is 31.2 Å². The molecule has 0 saturated carbocycles. The molecule has 0 spiro atoms. The molecule has 0 aliphatic carbocycles. The van der Waals surface area contributed by atoms with Gasteiger partial charge in [-0.15, -0.1) is 10.2 Å². The Morgan fingerprint density at radius 1 is 0.815 bits per heavy atom. The summed E-state index contributed by atoms with van der Waals surface area (Å²) in [4.78, 5) is 4.55. The summed E-state index contributed by atoms with van der Waals surface area (Å²) in [6, 6.07) is 10.4. The second kappa shape index (κ2) is 7.61. The lowest BCUT2D eigenvalue weighted by Gasteiger charge is -2.34. The van der Waals surface area contributed by atoms with Crippen molar-refractivity contribution < 1.29 is 8.42 Å². The molecule has 27 heavy (non-hydrogen) atoms. The second-order valence-corrected chi connectivity index (χ2v) is 9.17. The van der Waals surface area contributed by atoms with Crippen LogP contribution in [0.5, 0.6) is 0 Å². The van der Waals surface area contributed by atoms with E-state index in [1.807, 2.05) is 12.1 Å². The minimum atomic E-state index is -3.53. The van der Waals surface area contributed by atoms with E-state index in [4.69, 9.17) is 11.6 Å². The van der Waals surface area contributed by atoms with Crippen molar-refractivity contribution in [2.24, 2.45) is 0 Å². The Morgan fingerprint density at radius 3 is 1.96 bits per heavy atom. The van der Waals surface area contributed by atoms with Crippen molar-refractivity contribution >= 4 is 33.3 Å². The van der Waals surface area contributed by atoms with Crippen LogP contribution in [0.3, 0.4) is 0 Å². The first kappa shape index (κ1) is 18.5. The molecule has 1 aromatic heterocycles. The van der Waals surface area contributed by atoms with Crippen molar-refractivity contribution in [2.75, 3.05) is 49.1 Å². The fraction of sp³-hybridized carbons (Fsp3) is 0.444. The number of benzene rings is 1. The van der Waals surface area contributed by atoms with Crippen molar-refractivity contribution in [3.05, 3.63) is 41.4 Å². The van der Waals surface area contributed by atoms with Crippen molar-refractivity contribution in [3.63, 3.8) is 0 Å². The summed E-state index contributed by atoms with van der Waals surface area (Å²) >= 11 is 5.94. The van der Waals surface area contributed by atoms with E-state index in [1.165, 1.54) is 23.2 Å². The molecular formula is C18H22ClN5O2S. The molecule has 1 aromatic carbocycles. The molecule has 0 unspecified atom stereocenters. The van der Waals surface area contributed by atoms with Crippen LogP contribution in [-0.2, 0) is 10.0 Å². The molecule has 0 radical (unpaired) electrons. The molecule has 2 aliphatic heterocycles. The average Bonchev–Trinajstić information content (AvgIpc) is 3.23. The minimum Gasteiger partial charge on any atom is -0.355 e. The maximum Gasteiger partial charge on any atom is 0.243 e. The fourth-order valence-electron chi connectivity index (χ4n) is 3.54. The number of sulfonamides is 1. The van der Waals surface area contributed by atoms with E-state index >= 15 is 0 Å². The number of anilines is 2. The topological polar surface area (TPSA) is 69.6 Å². The highest BCUT2D eigenvalue weighted by molar-refractivity contribution is 7.89. The van der Waals surface area contributed by atoms with Gasteiger partial charge < -0.3 is 9.80 Å². The molecule has 144 valence electrons. The van der Waals surface area contributed by atoms with Gasteiger partial charge >= 0.3 is 0 Å². The van der Waals surface area contributed by atoms with Crippen LogP contribution in [-0.4, -0.2) is 62.2 Å². The van der Waals surface area contributed by atoms with E-state index in [0.717, 1.165) is 24.7 Å². The van der Waals surface area contributed by atoms with Gasteiger partial charge in [-0.2, -0.15) is 4.31 Å². The van der Waals surface area contributed by atoms with Crippen molar-refractivity contribution in [3.8, 4) is 0 Å². The molecule has 2 fully saturated rings. The Labute approximate surface area is 164 Å². The lowest BCUT2D eigenvalue weighted by molar-refractivity contribution is 0.383. The summed E-state index contributed by atoms with van der Waals surface area (Å²) in [5, 5.41) is 9.12. The quantitative estimate of drug-likeness (QED) is 0.774. The maximum absolute atomic E-state index is 12.8. The summed E-state index contributed by atoms with van der Waals surface area (Å²) in [5.74, 6) is 1.70. The largest absolute Gasteiger partial charge is 0.355 e. The summed E-state index contributed by atoms with van der Waals surface area (Å²) in [7, 11) is -3.53. The lowest BCUT2D eigenvalue weighted by Crippen LogP contribution is -2.49. The SMILES string of the molecule is O=S(=O)(c1cccc(Cl)c1)N1CCN(c2ccc(N3CCCC3)nn2)CC1. The van der Waals surface area contributed by atoms with Crippen LogP contribution >= 0.6 is 11.6 Å². The highest BCUT2D eigenvalue weighted by Crippen LogP contribution is 2.23. The third kappa shape index (κ3) is 3.88. The molecule has 3 heterocycles. The van der Waals surface area contributed by atoms with Crippen LogP contribution in [0, 0.1) is 0 Å². The first-order chi connectivity index (χ1) is 13.0. The number of nitrogens with zero attached hydrogens (tertiary/aromatic N) is 5. The highest BCUT2D eigenvalue weighted by atomic mass is 35.5. The van der Waals surface area contributed by atoms with Gasteiger partial charge in [-0.1, -0.05) is 17.7 Å². The van der Waals surface area contributed by atoms with Gasteiger partial charge in [0.05, 0.1) is 4.90 Å². The predicted octanol–water partition coefficient (Wildman–Crippen LogP) is 2.24. The lowest BCUT2D eigenvalue weighted by atomic mass is 10.3. The number of hydrogen-bond acceptors (Lipinski definition) is 6. The van der Waals surface area contributed by atoms with Gasteiger partial charge in [0.2, 0.25) is 10.0 Å². The molecule has 7 nitrogen and oxygen atoms in total. The first-order valence-corrected chi connectivity index (χ1v) is 11.0. The van der Waals surface area contributed by atoms with Gasteiger partial charge in [-0.25, -0.2) is 8.42 Å². The summed E-state index contributed by atoms with van der Waals surface area (Å²) in [5.41, 5.74) is 0. The van der Waals surface area contributed by atoms with E-state index in [9.17, 15) is 8.42 Å². The van der Waals surface area contributed by atoms with E-state index < -0.39 is 10.0 Å². The van der Waals surface area contributed by atoms with Crippen LogP contribution in [0.15, 0.2) is 41.3 Å². The third-order valence-electron chi connectivity index (χ3n) is 5.06. The first-order valence-electron chi connectivity index (χ1n) is 9.13. The predicted molar refractivity (Wildman–Crippen MR) is 106 cm³/mol. The Balaban J connectivity index is 1.41. The maximum atomic E-state index is 12.8. The normalized spacial score (nSPS) is 18.9. The van der Waals surface area contributed by atoms with Gasteiger partial charge in [0.25, 0.3) is 0 Å². The summed E-state index contributed by atoms with van der Waals surface area (Å²) < 4.78 is 27.1.